The van der Waals surface area contributed by atoms with Crippen molar-refractivity contribution >= 4 is 27.0 Å². The summed E-state index contributed by atoms with van der Waals surface area (Å²) in [4.78, 5) is 11.2. The van der Waals surface area contributed by atoms with Crippen molar-refractivity contribution in [3.8, 4) is 0 Å². The van der Waals surface area contributed by atoms with Crippen LogP contribution in [0.4, 0.5) is 0 Å². The van der Waals surface area contributed by atoms with Gasteiger partial charge in [-0.15, -0.1) is 0 Å². The van der Waals surface area contributed by atoms with E-state index < -0.39 is 0 Å². The molecule has 0 unspecified atom stereocenters. The number of benzene rings is 1. The Hall–Kier alpha value is -1.03. The number of aromatic nitrogens is 1. The summed E-state index contributed by atoms with van der Waals surface area (Å²) in [5.41, 5.74) is 2.50. The van der Waals surface area contributed by atoms with Gasteiger partial charge in [-0.2, -0.15) is 0 Å². The molecule has 0 aliphatic heterocycles. The minimum atomic E-state index is -0.316. The van der Waals surface area contributed by atoms with Gasteiger partial charge in [0.1, 0.15) is 0 Å². The maximum atomic E-state index is 11.2. The molecule has 0 radical (unpaired) electrons. The first-order chi connectivity index (χ1) is 6.24. The summed E-state index contributed by atoms with van der Waals surface area (Å²) in [5.74, 6) is -0.316. The Morgan fingerprint density at radius 3 is 3.00 bits per heavy atom. The number of oxazole rings is 1. The second-order valence-corrected chi connectivity index (χ2v) is 3.39. The third kappa shape index (κ3) is 1.21. The number of fused-ring (bicyclic) bond motifs is 1. The van der Waals surface area contributed by atoms with Gasteiger partial charge in [-0.1, -0.05) is 28.1 Å². The lowest BCUT2D eigenvalue weighted by molar-refractivity contribution is 0.526. The van der Waals surface area contributed by atoms with E-state index in [1.165, 1.54) is 4.57 Å². The summed E-state index contributed by atoms with van der Waals surface area (Å²) in [6.45, 7) is 0. The Balaban J connectivity index is 2.92. The average molecular weight is 242 g/mol. The number of rotatable bonds is 1. The second-order valence-electron chi connectivity index (χ2n) is 2.83. The normalized spacial score (nSPS) is 10.9. The fourth-order valence-electron chi connectivity index (χ4n) is 1.31. The first-order valence-corrected chi connectivity index (χ1v) is 4.99. The molecule has 1 aromatic carbocycles. The van der Waals surface area contributed by atoms with Crippen molar-refractivity contribution in [2.24, 2.45) is 7.05 Å². The molecule has 2 aromatic rings. The molecular formula is C9H8BrNO2. The SMILES string of the molecule is Cn1c(=O)oc2c(CBr)cccc21. The molecule has 0 spiro atoms. The molecule has 0 fully saturated rings. The molecule has 2 rings (SSSR count). The molecule has 0 N–H and O–H groups in total. The molecule has 0 aliphatic rings. The monoisotopic (exact) mass is 241 g/mol. The standard InChI is InChI=1S/C9H8BrNO2/c1-11-7-4-2-3-6(5-10)8(7)13-9(11)12/h2-4H,5H2,1H3. The maximum absolute atomic E-state index is 11.2. The summed E-state index contributed by atoms with van der Waals surface area (Å²) in [7, 11) is 1.70. The third-order valence-electron chi connectivity index (χ3n) is 2.04. The Kier molecular flexibility index (Phi) is 2.00. The van der Waals surface area contributed by atoms with Crippen LogP contribution in [0.5, 0.6) is 0 Å². The van der Waals surface area contributed by atoms with Crippen LogP contribution in [0.25, 0.3) is 11.1 Å². The van der Waals surface area contributed by atoms with Crippen LogP contribution in [0.15, 0.2) is 27.4 Å². The summed E-state index contributed by atoms with van der Waals surface area (Å²) in [6, 6.07) is 5.71. The van der Waals surface area contributed by atoms with E-state index in [2.05, 4.69) is 15.9 Å². The molecule has 0 amide bonds. The van der Waals surface area contributed by atoms with E-state index in [1.54, 1.807) is 7.05 Å². The number of para-hydroxylation sites is 1. The minimum Gasteiger partial charge on any atom is -0.407 e. The van der Waals surface area contributed by atoms with Crippen LogP contribution < -0.4 is 5.76 Å². The van der Waals surface area contributed by atoms with E-state index in [1.807, 2.05) is 18.2 Å². The fraction of sp³-hybridized carbons (Fsp3) is 0.222. The van der Waals surface area contributed by atoms with Gasteiger partial charge < -0.3 is 4.42 Å². The highest BCUT2D eigenvalue weighted by Gasteiger charge is 2.08. The molecule has 0 aliphatic carbocycles. The van der Waals surface area contributed by atoms with E-state index in [0.29, 0.717) is 10.9 Å². The van der Waals surface area contributed by atoms with Gasteiger partial charge in [0.2, 0.25) is 0 Å². The number of alkyl halides is 1. The summed E-state index contributed by atoms with van der Waals surface area (Å²) in [5, 5.41) is 0.692. The lowest BCUT2D eigenvalue weighted by Crippen LogP contribution is -2.08. The molecule has 1 aromatic heterocycles. The Bertz CT molecular complexity index is 498. The molecule has 0 atom stereocenters. The van der Waals surface area contributed by atoms with E-state index >= 15 is 0 Å². The van der Waals surface area contributed by atoms with Crippen LogP contribution >= 0.6 is 15.9 Å². The van der Waals surface area contributed by atoms with E-state index in [-0.39, 0.29) is 5.76 Å². The van der Waals surface area contributed by atoms with Crippen LogP contribution in [0.2, 0.25) is 0 Å². The molecule has 68 valence electrons. The highest BCUT2D eigenvalue weighted by Crippen LogP contribution is 2.18. The summed E-state index contributed by atoms with van der Waals surface area (Å²) in [6.07, 6.45) is 0. The van der Waals surface area contributed by atoms with Crippen molar-refractivity contribution in [2.45, 2.75) is 5.33 Å². The van der Waals surface area contributed by atoms with E-state index in [4.69, 9.17) is 4.42 Å². The van der Waals surface area contributed by atoms with Crippen molar-refractivity contribution in [1.82, 2.24) is 4.57 Å². The van der Waals surface area contributed by atoms with Gasteiger partial charge >= 0.3 is 5.76 Å². The van der Waals surface area contributed by atoms with Crippen LogP contribution in [0, 0.1) is 0 Å². The number of halogens is 1. The zero-order chi connectivity index (χ0) is 9.42. The molecule has 1 heterocycles. The van der Waals surface area contributed by atoms with E-state index in [0.717, 1.165) is 11.1 Å². The highest BCUT2D eigenvalue weighted by molar-refractivity contribution is 9.08. The van der Waals surface area contributed by atoms with Gasteiger partial charge in [0.25, 0.3) is 0 Å². The predicted octanol–water partition coefficient (Wildman–Crippen LogP) is 2.03. The first kappa shape index (κ1) is 8.56. The predicted molar refractivity (Wildman–Crippen MR) is 54.1 cm³/mol. The van der Waals surface area contributed by atoms with E-state index in [9.17, 15) is 4.79 Å². The third-order valence-corrected chi connectivity index (χ3v) is 2.65. The van der Waals surface area contributed by atoms with Crippen molar-refractivity contribution in [3.05, 3.63) is 34.3 Å². The van der Waals surface area contributed by atoms with Gasteiger partial charge in [-0.25, -0.2) is 4.79 Å². The molecule has 13 heavy (non-hydrogen) atoms. The zero-order valence-electron chi connectivity index (χ0n) is 7.08. The molecule has 3 nitrogen and oxygen atoms in total. The van der Waals surface area contributed by atoms with Gasteiger partial charge in [0, 0.05) is 17.9 Å². The Morgan fingerprint density at radius 1 is 1.54 bits per heavy atom. The van der Waals surface area contributed by atoms with Gasteiger partial charge in [-0.3, -0.25) is 4.57 Å². The quantitative estimate of drug-likeness (QED) is 0.717. The van der Waals surface area contributed by atoms with Gasteiger partial charge in [0.05, 0.1) is 5.52 Å². The van der Waals surface area contributed by atoms with Crippen molar-refractivity contribution in [1.29, 1.82) is 0 Å². The molecule has 0 saturated carbocycles. The Morgan fingerprint density at radius 2 is 2.31 bits per heavy atom. The Labute approximate surface area is 83.1 Å². The van der Waals surface area contributed by atoms with Gasteiger partial charge in [-0.05, 0) is 6.07 Å². The van der Waals surface area contributed by atoms with Crippen molar-refractivity contribution in [3.63, 3.8) is 0 Å². The topological polar surface area (TPSA) is 35.1 Å². The fourth-order valence-corrected chi connectivity index (χ4v) is 1.75. The maximum Gasteiger partial charge on any atom is 0.419 e. The molecule has 0 saturated heterocycles. The van der Waals surface area contributed by atoms with Crippen molar-refractivity contribution < 1.29 is 4.42 Å². The minimum absolute atomic E-state index is 0.316. The van der Waals surface area contributed by atoms with Crippen LogP contribution in [-0.2, 0) is 12.4 Å². The second kappa shape index (κ2) is 3.03. The van der Waals surface area contributed by atoms with Crippen LogP contribution in [0.1, 0.15) is 5.56 Å². The number of nitrogens with zero attached hydrogens (tertiary/aromatic N) is 1. The smallest absolute Gasteiger partial charge is 0.407 e. The van der Waals surface area contributed by atoms with Gasteiger partial charge in [0.15, 0.2) is 5.58 Å². The average Bonchev–Trinajstić information content (AvgIpc) is 2.43. The summed E-state index contributed by atoms with van der Waals surface area (Å²) >= 11 is 3.34. The first-order valence-electron chi connectivity index (χ1n) is 3.87. The molecular weight excluding hydrogens is 234 g/mol. The van der Waals surface area contributed by atoms with Crippen molar-refractivity contribution in [2.75, 3.05) is 0 Å². The lowest BCUT2D eigenvalue weighted by Gasteiger charge is -1.95. The summed E-state index contributed by atoms with van der Waals surface area (Å²) < 4.78 is 6.60. The molecule has 4 heteroatoms. The van der Waals surface area contributed by atoms with Crippen LogP contribution in [-0.4, -0.2) is 4.57 Å². The zero-order valence-corrected chi connectivity index (χ0v) is 8.67. The largest absolute Gasteiger partial charge is 0.419 e. The lowest BCUT2D eigenvalue weighted by atomic mass is 10.2. The number of hydrogen-bond acceptors (Lipinski definition) is 2. The molecule has 0 bridgehead atoms. The number of aryl methyl sites for hydroxylation is 1. The van der Waals surface area contributed by atoms with Crippen LogP contribution in [0.3, 0.4) is 0 Å². The number of hydrogen-bond donors (Lipinski definition) is 0. The highest BCUT2D eigenvalue weighted by atomic mass is 79.9.